The summed E-state index contributed by atoms with van der Waals surface area (Å²) in [5, 5.41) is 0.890. The van der Waals surface area contributed by atoms with Gasteiger partial charge in [-0.1, -0.05) is 42.5 Å². The minimum atomic E-state index is 0.0558. The molecular weight excluding hydrogens is 384 g/mol. The van der Waals surface area contributed by atoms with Crippen LogP contribution < -0.4 is 4.74 Å². The molecule has 0 bridgehead atoms. The molecule has 0 atom stereocenters. The normalized spacial score (nSPS) is 13.1. The number of benzene rings is 3. The smallest absolute Gasteiger partial charge is 0.254 e. The summed E-state index contributed by atoms with van der Waals surface area (Å²) < 4.78 is 5.56. The Morgan fingerprint density at radius 2 is 1.71 bits per heavy atom. The van der Waals surface area contributed by atoms with E-state index in [9.17, 15) is 4.79 Å². The van der Waals surface area contributed by atoms with Gasteiger partial charge in [-0.2, -0.15) is 0 Å². The van der Waals surface area contributed by atoms with E-state index in [2.05, 4.69) is 18.2 Å². The quantitative estimate of drug-likeness (QED) is 0.448. The number of hydrogen-bond acceptors (Lipinski definition) is 3. The Hall–Kier alpha value is -3.66. The number of ether oxygens (including phenoxy) is 1. The Bertz CT molecular complexity index is 1250. The molecule has 0 saturated carbocycles. The molecule has 1 aromatic heterocycles. The molecule has 2 heterocycles. The van der Waals surface area contributed by atoms with E-state index in [1.165, 1.54) is 11.1 Å². The van der Waals surface area contributed by atoms with Crippen molar-refractivity contribution in [3.05, 3.63) is 95.6 Å². The first-order valence-corrected chi connectivity index (χ1v) is 10.7. The largest absolute Gasteiger partial charge is 0.494 e. The van der Waals surface area contributed by atoms with Gasteiger partial charge < -0.3 is 9.64 Å². The average molecular weight is 409 g/mol. The fourth-order valence-electron chi connectivity index (χ4n) is 4.23. The van der Waals surface area contributed by atoms with Crippen molar-refractivity contribution in [2.75, 3.05) is 13.2 Å². The van der Waals surface area contributed by atoms with E-state index in [-0.39, 0.29) is 5.91 Å². The Kier molecular flexibility index (Phi) is 5.13. The van der Waals surface area contributed by atoms with Crippen LogP contribution in [0.5, 0.6) is 5.75 Å². The molecule has 31 heavy (non-hydrogen) atoms. The van der Waals surface area contributed by atoms with E-state index in [0.29, 0.717) is 18.7 Å². The van der Waals surface area contributed by atoms with Crippen molar-refractivity contribution in [2.45, 2.75) is 19.9 Å². The van der Waals surface area contributed by atoms with E-state index >= 15 is 0 Å². The van der Waals surface area contributed by atoms with Crippen LogP contribution in [0.2, 0.25) is 0 Å². The van der Waals surface area contributed by atoms with Crippen molar-refractivity contribution < 1.29 is 9.53 Å². The van der Waals surface area contributed by atoms with Gasteiger partial charge in [-0.05, 0) is 60.9 Å². The molecule has 4 heteroatoms. The summed E-state index contributed by atoms with van der Waals surface area (Å²) in [6, 6.07) is 26.1. The SMILES string of the molecule is CCOc1ccc(-c2cc(C(=O)N3CCc4ccccc4C3)c3ccccc3n2)cc1. The molecule has 0 fully saturated rings. The first-order chi connectivity index (χ1) is 15.2. The van der Waals surface area contributed by atoms with Gasteiger partial charge in [0.2, 0.25) is 0 Å². The Morgan fingerprint density at radius 3 is 2.52 bits per heavy atom. The Morgan fingerprint density at radius 1 is 0.968 bits per heavy atom. The predicted molar refractivity (Wildman–Crippen MR) is 123 cm³/mol. The number of carbonyl (C=O) groups excluding carboxylic acids is 1. The molecule has 0 spiro atoms. The number of amides is 1. The van der Waals surface area contributed by atoms with E-state index in [0.717, 1.165) is 40.9 Å². The van der Waals surface area contributed by atoms with Gasteiger partial charge in [-0.25, -0.2) is 4.98 Å². The summed E-state index contributed by atoms with van der Waals surface area (Å²) in [4.78, 5) is 20.4. The first-order valence-electron chi connectivity index (χ1n) is 10.7. The van der Waals surface area contributed by atoms with Crippen LogP contribution in [-0.4, -0.2) is 28.9 Å². The highest BCUT2D eigenvalue weighted by Gasteiger charge is 2.24. The fourth-order valence-corrected chi connectivity index (χ4v) is 4.23. The minimum Gasteiger partial charge on any atom is -0.494 e. The Balaban J connectivity index is 1.54. The third-order valence-corrected chi connectivity index (χ3v) is 5.83. The van der Waals surface area contributed by atoms with Crippen LogP contribution in [0.4, 0.5) is 0 Å². The fraction of sp³-hybridized carbons (Fsp3) is 0.185. The lowest BCUT2D eigenvalue weighted by molar-refractivity contribution is 0.0736. The standard InChI is InChI=1S/C27H24N2O2/c1-2-31-22-13-11-20(12-14-22)26-17-24(23-9-5-6-10-25(23)28-26)27(30)29-16-15-19-7-3-4-8-21(19)18-29/h3-14,17H,2,15-16,18H2,1H3. The lowest BCUT2D eigenvalue weighted by atomic mass is 9.98. The number of fused-ring (bicyclic) bond motifs is 2. The maximum absolute atomic E-state index is 13.6. The third kappa shape index (κ3) is 3.77. The lowest BCUT2D eigenvalue weighted by Crippen LogP contribution is -2.36. The summed E-state index contributed by atoms with van der Waals surface area (Å²) >= 11 is 0. The van der Waals surface area contributed by atoms with Gasteiger partial charge in [0.1, 0.15) is 5.75 Å². The second kappa shape index (κ2) is 8.23. The number of para-hydroxylation sites is 1. The van der Waals surface area contributed by atoms with Crippen LogP contribution in [0.15, 0.2) is 78.9 Å². The van der Waals surface area contributed by atoms with Crippen LogP contribution >= 0.6 is 0 Å². The molecule has 154 valence electrons. The molecule has 4 aromatic rings. The molecule has 3 aromatic carbocycles. The molecule has 1 aliphatic rings. The highest BCUT2D eigenvalue weighted by molar-refractivity contribution is 6.07. The van der Waals surface area contributed by atoms with Crippen LogP contribution in [-0.2, 0) is 13.0 Å². The number of pyridine rings is 1. The van der Waals surface area contributed by atoms with Crippen molar-refractivity contribution in [3.63, 3.8) is 0 Å². The first kappa shape index (κ1) is 19.3. The van der Waals surface area contributed by atoms with Crippen molar-refractivity contribution in [1.82, 2.24) is 9.88 Å². The van der Waals surface area contributed by atoms with Crippen LogP contribution in [0.1, 0.15) is 28.4 Å². The number of hydrogen-bond donors (Lipinski definition) is 0. The molecule has 0 radical (unpaired) electrons. The summed E-state index contributed by atoms with van der Waals surface area (Å²) in [7, 11) is 0. The second-order valence-corrected chi connectivity index (χ2v) is 7.78. The third-order valence-electron chi connectivity index (χ3n) is 5.83. The maximum Gasteiger partial charge on any atom is 0.254 e. The molecule has 0 unspecified atom stereocenters. The molecule has 0 N–H and O–H groups in total. The molecule has 0 aliphatic carbocycles. The van der Waals surface area contributed by atoms with Gasteiger partial charge in [0, 0.05) is 24.0 Å². The van der Waals surface area contributed by atoms with Crippen LogP contribution in [0.3, 0.4) is 0 Å². The zero-order valence-electron chi connectivity index (χ0n) is 17.5. The summed E-state index contributed by atoms with van der Waals surface area (Å²) in [6.45, 7) is 3.97. The van der Waals surface area contributed by atoms with Crippen molar-refractivity contribution in [2.24, 2.45) is 0 Å². The number of rotatable bonds is 4. The molecule has 1 amide bonds. The van der Waals surface area contributed by atoms with E-state index in [1.807, 2.05) is 72.5 Å². The van der Waals surface area contributed by atoms with E-state index in [1.54, 1.807) is 0 Å². The lowest BCUT2D eigenvalue weighted by Gasteiger charge is -2.29. The summed E-state index contributed by atoms with van der Waals surface area (Å²) in [5.41, 5.74) is 5.85. The molecule has 0 saturated heterocycles. The van der Waals surface area contributed by atoms with Crippen molar-refractivity contribution in [3.8, 4) is 17.0 Å². The van der Waals surface area contributed by atoms with Crippen LogP contribution in [0.25, 0.3) is 22.2 Å². The zero-order chi connectivity index (χ0) is 21.2. The van der Waals surface area contributed by atoms with Gasteiger partial charge in [-0.15, -0.1) is 0 Å². The highest BCUT2D eigenvalue weighted by Crippen LogP contribution is 2.28. The van der Waals surface area contributed by atoms with Gasteiger partial charge >= 0.3 is 0 Å². The monoisotopic (exact) mass is 408 g/mol. The maximum atomic E-state index is 13.6. The van der Waals surface area contributed by atoms with Gasteiger partial charge in [-0.3, -0.25) is 4.79 Å². The Labute approximate surface area is 182 Å². The molecule has 4 nitrogen and oxygen atoms in total. The predicted octanol–water partition coefficient (Wildman–Crippen LogP) is 5.50. The number of carbonyl (C=O) groups is 1. The van der Waals surface area contributed by atoms with Gasteiger partial charge in [0.15, 0.2) is 0 Å². The second-order valence-electron chi connectivity index (χ2n) is 7.78. The van der Waals surface area contributed by atoms with E-state index < -0.39 is 0 Å². The minimum absolute atomic E-state index is 0.0558. The zero-order valence-corrected chi connectivity index (χ0v) is 17.5. The molecule has 1 aliphatic heterocycles. The topological polar surface area (TPSA) is 42.4 Å². The number of aromatic nitrogens is 1. The van der Waals surface area contributed by atoms with Crippen molar-refractivity contribution >= 4 is 16.8 Å². The van der Waals surface area contributed by atoms with Crippen molar-refractivity contribution in [1.29, 1.82) is 0 Å². The molecule has 5 rings (SSSR count). The highest BCUT2D eigenvalue weighted by atomic mass is 16.5. The van der Waals surface area contributed by atoms with Gasteiger partial charge in [0.05, 0.1) is 23.4 Å². The van der Waals surface area contributed by atoms with Crippen LogP contribution in [0, 0.1) is 0 Å². The summed E-state index contributed by atoms with van der Waals surface area (Å²) in [5.74, 6) is 0.885. The van der Waals surface area contributed by atoms with Gasteiger partial charge in [0.25, 0.3) is 5.91 Å². The molecular formula is C27H24N2O2. The van der Waals surface area contributed by atoms with E-state index in [4.69, 9.17) is 9.72 Å². The average Bonchev–Trinajstić information content (AvgIpc) is 2.83. The summed E-state index contributed by atoms with van der Waals surface area (Å²) in [6.07, 6.45) is 0.886. The number of nitrogens with zero attached hydrogens (tertiary/aromatic N) is 2.